The third-order valence-electron chi connectivity index (χ3n) is 3.75. The van der Waals surface area contributed by atoms with Gasteiger partial charge in [-0.15, -0.1) is 11.6 Å². The molecule has 0 spiro atoms. The summed E-state index contributed by atoms with van der Waals surface area (Å²) in [6.45, 7) is 0.565. The van der Waals surface area contributed by atoms with E-state index in [0.717, 1.165) is 18.4 Å². The van der Waals surface area contributed by atoms with Crippen LogP contribution in [0.1, 0.15) is 37.7 Å². The van der Waals surface area contributed by atoms with Gasteiger partial charge in [-0.1, -0.05) is 49.1 Å². The van der Waals surface area contributed by atoms with Crippen LogP contribution in [0.2, 0.25) is 5.02 Å². The number of nitrogens with zero attached hydrogens (tertiary/aromatic N) is 1. The summed E-state index contributed by atoms with van der Waals surface area (Å²) < 4.78 is 0. The molecule has 0 radical (unpaired) electrons. The lowest BCUT2D eigenvalue weighted by Crippen LogP contribution is -2.41. The van der Waals surface area contributed by atoms with Gasteiger partial charge >= 0.3 is 0 Å². The Morgan fingerprint density at radius 2 is 1.89 bits per heavy atom. The maximum Gasteiger partial charge on any atom is 0.238 e. The first-order valence-corrected chi connectivity index (χ1v) is 7.72. The van der Waals surface area contributed by atoms with Crippen molar-refractivity contribution in [1.82, 2.24) is 4.90 Å². The van der Waals surface area contributed by atoms with E-state index < -0.39 is 0 Å². The molecule has 1 saturated carbocycles. The van der Waals surface area contributed by atoms with Crippen LogP contribution in [0.25, 0.3) is 0 Å². The number of benzene rings is 1. The molecule has 0 atom stereocenters. The van der Waals surface area contributed by atoms with Gasteiger partial charge in [0.1, 0.15) is 5.88 Å². The van der Waals surface area contributed by atoms with Gasteiger partial charge in [0.25, 0.3) is 0 Å². The van der Waals surface area contributed by atoms with Crippen LogP contribution in [0.4, 0.5) is 0 Å². The van der Waals surface area contributed by atoms with Crippen LogP contribution in [-0.2, 0) is 11.3 Å². The molecule has 1 aromatic rings. The molecule has 1 aliphatic carbocycles. The number of amides is 1. The molecule has 0 saturated heterocycles. The van der Waals surface area contributed by atoms with Crippen molar-refractivity contribution in [3.05, 3.63) is 34.9 Å². The summed E-state index contributed by atoms with van der Waals surface area (Å²) in [5.41, 5.74) is 0.994. The average Bonchev–Trinajstić information content (AvgIpc) is 2.46. The fourth-order valence-corrected chi connectivity index (χ4v) is 3.05. The highest BCUT2D eigenvalue weighted by Crippen LogP contribution is 2.26. The van der Waals surface area contributed by atoms with Gasteiger partial charge < -0.3 is 4.90 Å². The number of alkyl halides is 1. The number of halogens is 2. The first-order chi connectivity index (χ1) is 9.22. The van der Waals surface area contributed by atoms with Gasteiger partial charge in [-0.3, -0.25) is 4.79 Å². The highest BCUT2D eigenvalue weighted by Gasteiger charge is 2.25. The molecular weight excluding hydrogens is 281 g/mol. The molecule has 1 aliphatic rings. The van der Waals surface area contributed by atoms with Crippen LogP contribution in [0.15, 0.2) is 24.3 Å². The molecular formula is C15H19Cl2NO. The van der Waals surface area contributed by atoms with E-state index in [-0.39, 0.29) is 11.8 Å². The fraction of sp³-hybridized carbons (Fsp3) is 0.533. The second-order valence-electron chi connectivity index (χ2n) is 5.04. The number of carbonyl (C=O) groups is 1. The fourth-order valence-electron chi connectivity index (χ4n) is 2.70. The van der Waals surface area contributed by atoms with E-state index in [4.69, 9.17) is 23.2 Å². The van der Waals surface area contributed by atoms with Crippen molar-refractivity contribution < 1.29 is 4.79 Å². The second kappa shape index (κ2) is 7.16. The van der Waals surface area contributed by atoms with E-state index in [9.17, 15) is 4.79 Å². The maximum absolute atomic E-state index is 12.1. The normalized spacial score (nSPS) is 16.3. The summed E-state index contributed by atoms with van der Waals surface area (Å²) in [6, 6.07) is 8.00. The smallest absolute Gasteiger partial charge is 0.238 e. The van der Waals surface area contributed by atoms with Gasteiger partial charge in [0.15, 0.2) is 0 Å². The van der Waals surface area contributed by atoms with E-state index in [1.54, 1.807) is 0 Å². The summed E-state index contributed by atoms with van der Waals surface area (Å²) in [4.78, 5) is 14.0. The minimum atomic E-state index is 0.00786. The number of rotatable bonds is 4. The van der Waals surface area contributed by atoms with E-state index in [1.807, 2.05) is 29.2 Å². The molecule has 4 heteroatoms. The molecule has 0 heterocycles. The second-order valence-corrected chi connectivity index (χ2v) is 5.71. The van der Waals surface area contributed by atoms with E-state index in [0.29, 0.717) is 17.6 Å². The van der Waals surface area contributed by atoms with Crippen LogP contribution in [-0.4, -0.2) is 22.7 Å². The van der Waals surface area contributed by atoms with E-state index in [1.165, 1.54) is 19.3 Å². The molecule has 1 amide bonds. The predicted molar refractivity (Wildman–Crippen MR) is 79.6 cm³/mol. The molecule has 1 aromatic carbocycles. The Kier molecular flexibility index (Phi) is 5.53. The van der Waals surface area contributed by atoms with Crippen LogP contribution < -0.4 is 0 Å². The molecule has 19 heavy (non-hydrogen) atoms. The lowest BCUT2D eigenvalue weighted by molar-refractivity contribution is -0.132. The molecule has 1 fully saturated rings. The molecule has 0 aromatic heterocycles. The van der Waals surface area contributed by atoms with Crippen molar-refractivity contribution in [3.8, 4) is 0 Å². The number of hydrogen-bond acceptors (Lipinski definition) is 1. The zero-order chi connectivity index (χ0) is 13.7. The lowest BCUT2D eigenvalue weighted by Gasteiger charge is -2.34. The Morgan fingerprint density at radius 3 is 2.53 bits per heavy atom. The van der Waals surface area contributed by atoms with E-state index in [2.05, 4.69) is 0 Å². The summed E-state index contributed by atoms with van der Waals surface area (Å²) >= 11 is 11.9. The SMILES string of the molecule is O=C(CCl)N(Cc1ccccc1Cl)C1CCCCC1. The first-order valence-electron chi connectivity index (χ1n) is 6.81. The highest BCUT2D eigenvalue weighted by molar-refractivity contribution is 6.31. The molecule has 2 rings (SSSR count). The largest absolute Gasteiger partial charge is 0.334 e. The molecule has 0 N–H and O–H groups in total. The average molecular weight is 300 g/mol. The Morgan fingerprint density at radius 1 is 1.21 bits per heavy atom. The van der Waals surface area contributed by atoms with Gasteiger partial charge in [-0.05, 0) is 24.5 Å². The van der Waals surface area contributed by atoms with Gasteiger partial charge in [0.2, 0.25) is 5.91 Å². The minimum Gasteiger partial charge on any atom is -0.334 e. The van der Waals surface area contributed by atoms with Gasteiger partial charge in [-0.2, -0.15) is 0 Å². The van der Waals surface area contributed by atoms with Crippen LogP contribution in [0.3, 0.4) is 0 Å². The standard InChI is InChI=1S/C15H19Cl2NO/c16-10-15(19)18(13-7-2-1-3-8-13)11-12-6-4-5-9-14(12)17/h4-6,9,13H,1-3,7-8,10-11H2. The Balaban J connectivity index is 2.13. The van der Waals surface area contributed by atoms with Crippen LogP contribution in [0.5, 0.6) is 0 Å². The van der Waals surface area contributed by atoms with Gasteiger partial charge in [-0.25, -0.2) is 0 Å². The highest BCUT2D eigenvalue weighted by atomic mass is 35.5. The zero-order valence-corrected chi connectivity index (χ0v) is 12.5. The quantitative estimate of drug-likeness (QED) is 0.762. The van der Waals surface area contributed by atoms with Crippen molar-refractivity contribution in [2.75, 3.05) is 5.88 Å². The Hall–Kier alpha value is -0.730. The molecule has 0 bridgehead atoms. The van der Waals surface area contributed by atoms with Crippen molar-refractivity contribution in [3.63, 3.8) is 0 Å². The summed E-state index contributed by atoms with van der Waals surface area (Å²) in [7, 11) is 0. The number of hydrogen-bond donors (Lipinski definition) is 0. The Labute approximate surface area is 124 Å². The van der Waals surface area contributed by atoms with Gasteiger partial charge in [0.05, 0.1) is 0 Å². The van der Waals surface area contributed by atoms with Crippen molar-refractivity contribution >= 4 is 29.1 Å². The van der Waals surface area contributed by atoms with Gasteiger partial charge in [0, 0.05) is 17.6 Å². The zero-order valence-electron chi connectivity index (χ0n) is 10.9. The van der Waals surface area contributed by atoms with Crippen molar-refractivity contribution in [2.45, 2.75) is 44.7 Å². The summed E-state index contributed by atoms with van der Waals surface area (Å²) in [6.07, 6.45) is 5.81. The molecule has 0 unspecified atom stereocenters. The minimum absolute atomic E-state index is 0.00786. The predicted octanol–water partition coefficient (Wildman–Crippen LogP) is 4.24. The summed E-state index contributed by atoms with van der Waals surface area (Å²) in [5.74, 6) is 0.0505. The third-order valence-corrected chi connectivity index (χ3v) is 4.35. The monoisotopic (exact) mass is 299 g/mol. The van der Waals surface area contributed by atoms with E-state index >= 15 is 0 Å². The molecule has 0 aliphatic heterocycles. The maximum atomic E-state index is 12.1. The molecule has 104 valence electrons. The number of carbonyl (C=O) groups excluding carboxylic acids is 1. The Bertz CT molecular complexity index is 430. The molecule has 2 nitrogen and oxygen atoms in total. The summed E-state index contributed by atoms with van der Waals surface area (Å²) in [5, 5.41) is 0.714. The topological polar surface area (TPSA) is 20.3 Å². The van der Waals surface area contributed by atoms with Crippen LogP contribution in [0, 0.1) is 0 Å². The third kappa shape index (κ3) is 3.87. The lowest BCUT2D eigenvalue weighted by atomic mass is 9.94. The van der Waals surface area contributed by atoms with Crippen molar-refractivity contribution in [2.24, 2.45) is 0 Å². The van der Waals surface area contributed by atoms with Crippen LogP contribution >= 0.6 is 23.2 Å². The van der Waals surface area contributed by atoms with Crippen molar-refractivity contribution in [1.29, 1.82) is 0 Å². The first kappa shape index (κ1) is 14.7.